The molecular formula is C10H19NO2. The van der Waals surface area contributed by atoms with Gasteiger partial charge in [-0.1, -0.05) is 20.3 Å². The lowest BCUT2D eigenvalue weighted by atomic mass is 10.1. The molecule has 1 rings (SSSR count). The molecule has 0 saturated carbocycles. The molecule has 1 aliphatic rings. The third-order valence-corrected chi connectivity index (χ3v) is 2.12. The first-order valence-corrected chi connectivity index (χ1v) is 5.14. The normalized spacial score (nSPS) is 19.0. The molecule has 0 N–H and O–H groups in total. The Kier molecular flexibility index (Phi) is 4.22. The highest BCUT2D eigenvalue weighted by atomic mass is 16.7. The van der Waals surface area contributed by atoms with E-state index in [0.29, 0.717) is 12.3 Å². The van der Waals surface area contributed by atoms with Gasteiger partial charge in [0.05, 0.1) is 0 Å². The molecule has 1 saturated heterocycles. The summed E-state index contributed by atoms with van der Waals surface area (Å²) in [6.07, 6.45) is 4.08. The number of hydrogen-bond acceptors (Lipinski definition) is 3. The van der Waals surface area contributed by atoms with Crippen molar-refractivity contribution < 1.29 is 9.63 Å². The third-order valence-electron chi connectivity index (χ3n) is 2.12. The average molecular weight is 185 g/mol. The van der Waals surface area contributed by atoms with Crippen LogP contribution in [0.2, 0.25) is 0 Å². The number of carbonyl (C=O) groups excluding carboxylic acids is 1. The molecule has 0 radical (unpaired) electrons. The highest BCUT2D eigenvalue weighted by molar-refractivity contribution is 5.69. The van der Waals surface area contributed by atoms with Crippen LogP contribution < -0.4 is 0 Å². The molecule has 3 nitrogen and oxygen atoms in total. The Bertz CT molecular complexity index is 162. The average Bonchev–Trinajstić information content (AvgIpc) is 2.04. The van der Waals surface area contributed by atoms with Gasteiger partial charge < -0.3 is 4.84 Å². The maximum Gasteiger partial charge on any atom is 0.325 e. The first-order chi connectivity index (χ1) is 6.18. The molecule has 1 heterocycles. The van der Waals surface area contributed by atoms with Crippen molar-refractivity contribution in [1.29, 1.82) is 0 Å². The fourth-order valence-electron chi connectivity index (χ4n) is 1.47. The molecule has 76 valence electrons. The van der Waals surface area contributed by atoms with Crippen LogP contribution in [-0.4, -0.2) is 24.1 Å². The largest absolute Gasteiger partial charge is 0.368 e. The molecule has 0 aliphatic carbocycles. The molecule has 0 bridgehead atoms. The molecule has 0 spiro atoms. The minimum Gasteiger partial charge on any atom is -0.368 e. The number of hydrogen-bond donors (Lipinski definition) is 0. The fraction of sp³-hybridized carbons (Fsp3) is 0.900. The van der Waals surface area contributed by atoms with Crippen LogP contribution in [-0.2, 0) is 9.63 Å². The van der Waals surface area contributed by atoms with E-state index in [-0.39, 0.29) is 5.97 Å². The Labute approximate surface area is 80.0 Å². The minimum atomic E-state index is -0.0862. The first-order valence-electron chi connectivity index (χ1n) is 5.14. The maximum absolute atomic E-state index is 11.3. The van der Waals surface area contributed by atoms with Crippen molar-refractivity contribution in [3.63, 3.8) is 0 Å². The Balaban J connectivity index is 2.18. The number of rotatable bonds is 3. The van der Waals surface area contributed by atoms with Crippen molar-refractivity contribution in [2.24, 2.45) is 5.92 Å². The predicted molar refractivity (Wildman–Crippen MR) is 51.0 cm³/mol. The Morgan fingerprint density at radius 1 is 1.31 bits per heavy atom. The van der Waals surface area contributed by atoms with Gasteiger partial charge in [-0.15, -0.1) is 5.06 Å². The van der Waals surface area contributed by atoms with E-state index < -0.39 is 0 Å². The minimum absolute atomic E-state index is 0.0862. The van der Waals surface area contributed by atoms with E-state index in [4.69, 9.17) is 4.84 Å². The molecule has 0 unspecified atom stereocenters. The molecule has 1 aliphatic heterocycles. The monoisotopic (exact) mass is 185 g/mol. The second-order valence-corrected chi connectivity index (χ2v) is 4.05. The predicted octanol–water partition coefficient (Wildman–Crippen LogP) is 1.98. The SMILES string of the molecule is CC(C)CC(=O)ON1CCCCC1. The summed E-state index contributed by atoms with van der Waals surface area (Å²) in [4.78, 5) is 16.5. The second kappa shape index (κ2) is 5.22. The maximum atomic E-state index is 11.3. The third kappa shape index (κ3) is 4.27. The van der Waals surface area contributed by atoms with Gasteiger partial charge in [-0.2, -0.15) is 0 Å². The zero-order valence-corrected chi connectivity index (χ0v) is 8.58. The summed E-state index contributed by atoms with van der Waals surface area (Å²) in [5.41, 5.74) is 0. The lowest BCUT2D eigenvalue weighted by molar-refractivity contribution is -0.195. The van der Waals surface area contributed by atoms with Crippen LogP contribution in [0.15, 0.2) is 0 Å². The molecule has 0 aromatic rings. The zero-order chi connectivity index (χ0) is 9.68. The molecule has 0 amide bonds. The van der Waals surface area contributed by atoms with Crippen molar-refractivity contribution in [1.82, 2.24) is 5.06 Å². The van der Waals surface area contributed by atoms with Crippen LogP contribution in [0.5, 0.6) is 0 Å². The van der Waals surface area contributed by atoms with Crippen molar-refractivity contribution >= 4 is 5.97 Å². The highest BCUT2D eigenvalue weighted by Gasteiger charge is 2.15. The van der Waals surface area contributed by atoms with Gasteiger partial charge in [-0.05, 0) is 18.8 Å². The van der Waals surface area contributed by atoms with Gasteiger partial charge in [0, 0.05) is 19.5 Å². The smallest absolute Gasteiger partial charge is 0.325 e. The van der Waals surface area contributed by atoms with Crippen molar-refractivity contribution in [3.05, 3.63) is 0 Å². The molecule has 13 heavy (non-hydrogen) atoms. The number of nitrogens with zero attached hydrogens (tertiary/aromatic N) is 1. The number of hydroxylamine groups is 2. The zero-order valence-electron chi connectivity index (χ0n) is 8.58. The lowest BCUT2D eigenvalue weighted by Gasteiger charge is -2.25. The standard InChI is InChI=1S/C10H19NO2/c1-9(2)8-10(12)13-11-6-4-3-5-7-11/h9H,3-8H2,1-2H3. The number of carbonyl (C=O) groups is 1. The Hall–Kier alpha value is -0.570. The van der Waals surface area contributed by atoms with Crippen molar-refractivity contribution in [3.8, 4) is 0 Å². The van der Waals surface area contributed by atoms with Gasteiger partial charge in [0.2, 0.25) is 0 Å². The summed E-state index contributed by atoms with van der Waals surface area (Å²) >= 11 is 0. The summed E-state index contributed by atoms with van der Waals surface area (Å²) < 4.78 is 0. The Morgan fingerprint density at radius 3 is 2.46 bits per heavy atom. The summed E-state index contributed by atoms with van der Waals surface area (Å²) in [6, 6.07) is 0. The van der Waals surface area contributed by atoms with E-state index in [1.54, 1.807) is 5.06 Å². The van der Waals surface area contributed by atoms with E-state index in [1.807, 2.05) is 13.8 Å². The van der Waals surface area contributed by atoms with Crippen LogP contribution in [0.3, 0.4) is 0 Å². The van der Waals surface area contributed by atoms with Crippen LogP contribution in [0.4, 0.5) is 0 Å². The van der Waals surface area contributed by atoms with Gasteiger partial charge in [0.1, 0.15) is 0 Å². The quantitative estimate of drug-likeness (QED) is 0.673. The summed E-state index contributed by atoms with van der Waals surface area (Å²) in [7, 11) is 0. The van der Waals surface area contributed by atoms with Gasteiger partial charge in [0.15, 0.2) is 0 Å². The van der Waals surface area contributed by atoms with Gasteiger partial charge in [-0.25, -0.2) is 0 Å². The summed E-state index contributed by atoms with van der Waals surface area (Å²) in [5.74, 6) is 0.300. The summed E-state index contributed by atoms with van der Waals surface area (Å²) in [5, 5.41) is 1.80. The molecule has 1 fully saturated rings. The van der Waals surface area contributed by atoms with E-state index in [1.165, 1.54) is 6.42 Å². The topological polar surface area (TPSA) is 29.5 Å². The van der Waals surface area contributed by atoms with Crippen LogP contribution in [0, 0.1) is 5.92 Å². The van der Waals surface area contributed by atoms with E-state index >= 15 is 0 Å². The summed E-state index contributed by atoms with van der Waals surface area (Å²) in [6.45, 7) is 5.86. The molecule has 0 atom stereocenters. The molecule has 3 heteroatoms. The van der Waals surface area contributed by atoms with E-state index in [9.17, 15) is 4.79 Å². The Morgan fingerprint density at radius 2 is 1.92 bits per heavy atom. The molecule has 0 aromatic carbocycles. The van der Waals surface area contributed by atoms with Crippen LogP contribution in [0.1, 0.15) is 39.5 Å². The van der Waals surface area contributed by atoms with E-state index in [0.717, 1.165) is 25.9 Å². The van der Waals surface area contributed by atoms with E-state index in [2.05, 4.69) is 0 Å². The second-order valence-electron chi connectivity index (χ2n) is 4.05. The lowest BCUT2D eigenvalue weighted by Crippen LogP contribution is -2.32. The molecule has 0 aromatic heterocycles. The first kappa shape index (κ1) is 10.5. The fourth-order valence-corrected chi connectivity index (χ4v) is 1.47. The highest BCUT2D eigenvalue weighted by Crippen LogP contribution is 2.10. The van der Waals surface area contributed by atoms with Crippen molar-refractivity contribution in [2.45, 2.75) is 39.5 Å². The van der Waals surface area contributed by atoms with Gasteiger partial charge in [0.25, 0.3) is 0 Å². The van der Waals surface area contributed by atoms with Gasteiger partial charge >= 0.3 is 5.97 Å². The van der Waals surface area contributed by atoms with Crippen LogP contribution >= 0.6 is 0 Å². The van der Waals surface area contributed by atoms with Crippen LogP contribution in [0.25, 0.3) is 0 Å². The molecular weight excluding hydrogens is 166 g/mol. The van der Waals surface area contributed by atoms with Crippen molar-refractivity contribution in [2.75, 3.05) is 13.1 Å². The van der Waals surface area contributed by atoms with Gasteiger partial charge in [-0.3, -0.25) is 4.79 Å². The number of piperidine rings is 1.